The van der Waals surface area contributed by atoms with Crippen LogP contribution in [0, 0.1) is 11.3 Å². The number of hydrogen-bond donors (Lipinski definition) is 7. The van der Waals surface area contributed by atoms with Gasteiger partial charge in [0.1, 0.15) is 23.9 Å². The predicted octanol–water partition coefficient (Wildman–Crippen LogP) is 1.97. The molecule has 0 unspecified atom stereocenters. The molecule has 1 saturated carbocycles. The van der Waals surface area contributed by atoms with Crippen LogP contribution in [0.2, 0.25) is 0 Å². The number of benzene rings is 2. The van der Waals surface area contributed by atoms with E-state index in [0.717, 1.165) is 32.5 Å². The Balaban J connectivity index is 1.19. The number of anilines is 1. The van der Waals surface area contributed by atoms with Gasteiger partial charge in [-0.2, -0.15) is 0 Å². The minimum atomic E-state index is -3.80. The first-order valence-electron chi connectivity index (χ1n) is 15.0. The molecule has 1 fully saturated rings. The Hall–Kier alpha value is -4.14. The second-order valence-electron chi connectivity index (χ2n) is 11.2. The number of nitrogens with one attached hydrogen (secondary N) is 4. The lowest BCUT2D eigenvalue weighted by Gasteiger charge is -2.19. The maximum atomic E-state index is 12.6. The minimum Gasteiger partial charge on any atom is -0.390 e. The van der Waals surface area contributed by atoms with Crippen molar-refractivity contribution >= 4 is 32.6 Å². The van der Waals surface area contributed by atoms with Gasteiger partial charge in [0.15, 0.2) is 0 Å². The van der Waals surface area contributed by atoms with E-state index in [4.69, 9.17) is 11.1 Å². The summed E-state index contributed by atoms with van der Waals surface area (Å²) in [7, 11) is -3.80. The van der Waals surface area contributed by atoms with Gasteiger partial charge >= 0.3 is 0 Å². The summed E-state index contributed by atoms with van der Waals surface area (Å²) < 4.78 is 29.2. The van der Waals surface area contributed by atoms with Gasteiger partial charge in [0.2, 0.25) is 0 Å². The number of rotatable bonds is 15. The molecule has 0 spiro atoms. The third-order valence-corrected chi connectivity index (χ3v) is 9.47. The lowest BCUT2D eigenvalue weighted by atomic mass is 10.1. The topological polar surface area (TPSA) is 191 Å². The van der Waals surface area contributed by atoms with Gasteiger partial charge in [-0.25, -0.2) is 18.4 Å². The normalized spacial score (nSPS) is 20.2. The van der Waals surface area contributed by atoms with Crippen molar-refractivity contribution in [3.63, 3.8) is 0 Å². The van der Waals surface area contributed by atoms with Crippen molar-refractivity contribution in [2.45, 2.75) is 42.4 Å². The summed E-state index contributed by atoms with van der Waals surface area (Å²) in [4.78, 5) is 8.57. The van der Waals surface area contributed by atoms with Crippen LogP contribution in [0.15, 0.2) is 90.4 Å². The third-order valence-electron chi connectivity index (χ3n) is 8.13. The summed E-state index contributed by atoms with van der Waals surface area (Å²) in [5.74, 6) is -0.0386. The Kier molecular flexibility index (Phi) is 10.6. The summed E-state index contributed by atoms with van der Waals surface area (Å²) in [6.45, 7) is 3.12. The standard InChI is InChI=1S/C32H40N8O4S/c33-26(13-17-39-45(43,44)24-10-5-2-6-11-24)25-20-40(32-28(25)31(34)37-21-38-32)27-18-23(29(41)30(27)42)19-36-15-7-14-35-16-12-22-8-3-1-4-9-22/h1-6,8-11,13,17,20-21,23,27,29-30,33,35-36,39,41-42H,7,12,14-16,18-19H2,(H2,34,37,38)/b17-13-,33-26?/t23-,27-,29-,30+/m1/s1. The number of aromatic nitrogens is 3. The van der Waals surface area contributed by atoms with E-state index in [9.17, 15) is 18.6 Å². The van der Waals surface area contributed by atoms with Gasteiger partial charge in [0, 0.05) is 30.4 Å². The molecular weight excluding hydrogens is 592 g/mol. The first kappa shape index (κ1) is 32.3. The van der Waals surface area contributed by atoms with Crippen molar-refractivity contribution in [2.75, 3.05) is 31.9 Å². The largest absolute Gasteiger partial charge is 0.390 e. The number of fused-ring (bicyclic) bond motifs is 1. The Morgan fingerprint density at radius 3 is 2.47 bits per heavy atom. The first-order chi connectivity index (χ1) is 21.8. The molecule has 0 saturated heterocycles. The fraction of sp³-hybridized carbons (Fsp3) is 0.344. The fourth-order valence-corrected chi connectivity index (χ4v) is 6.63. The molecule has 0 aliphatic heterocycles. The molecule has 12 nitrogen and oxygen atoms in total. The SMILES string of the molecule is N=C(/C=C\NS(=O)(=O)c1ccccc1)c1cn([C@@H]2C[C@H](CNCCCNCCc3ccccc3)[C@@H](O)[C@H]2O)c2ncnc(N)c12. The molecule has 0 amide bonds. The first-order valence-corrected chi connectivity index (χ1v) is 16.5. The molecule has 45 heavy (non-hydrogen) atoms. The van der Waals surface area contributed by atoms with Gasteiger partial charge in [0.05, 0.1) is 28.1 Å². The zero-order chi connectivity index (χ0) is 31.8. The van der Waals surface area contributed by atoms with E-state index in [2.05, 4.69) is 37.5 Å². The van der Waals surface area contributed by atoms with Crippen LogP contribution in [0.4, 0.5) is 5.82 Å². The summed E-state index contributed by atoms with van der Waals surface area (Å²) in [6, 6.07) is 17.8. The number of nitrogens with two attached hydrogens (primary N) is 1. The van der Waals surface area contributed by atoms with Crippen LogP contribution in [-0.2, 0) is 16.4 Å². The van der Waals surface area contributed by atoms with E-state index >= 15 is 0 Å². The molecule has 1 aliphatic rings. The molecule has 2 aromatic heterocycles. The van der Waals surface area contributed by atoms with E-state index in [1.54, 1.807) is 29.0 Å². The van der Waals surface area contributed by atoms with E-state index in [1.807, 2.05) is 18.2 Å². The molecule has 4 atom stereocenters. The van der Waals surface area contributed by atoms with Gasteiger partial charge in [0.25, 0.3) is 10.0 Å². The second kappa shape index (κ2) is 14.8. The second-order valence-corrected chi connectivity index (χ2v) is 12.9. The number of aliphatic hydroxyl groups is 2. The third kappa shape index (κ3) is 7.75. The number of nitrogens with zero attached hydrogens (tertiary/aromatic N) is 3. The molecule has 5 rings (SSSR count). The summed E-state index contributed by atoms with van der Waals surface area (Å²) in [5, 5.41) is 37.9. The summed E-state index contributed by atoms with van der Waals surface area (Å²) in [6.07, 6.45) is 5.87. The van der Waals surface area contributed by atoms with Crippen molar-refractivity contribution in [3.05, 3.63) is 96.6 Å². The number of sulfonamides is 1. The van der Waals surface area contributed by atoms with E-state index in [0.29, 0.717) is 29.6 Å². The van der Waals surface area contributed by atoms with Crippen molar-refractivity contribution in [2.24, 2.45) is 5.92 Å². The highest BCUT2D eigenvalue weighted by Crippen LogP contribution is 2.38. The summed E-state index contributed by atoms with van der Waals surface area (Å²) in [5.41, 5.74) is 8.28. The predicted molar refractivity (Wildman–Crippen MR) is 174 cm³/mol. The van der Waals surface area contributed by atoms with Gasteiger partial charge < -0.3 is 36.6 Å². The highest BCUT2D eigenvalue weighted by Gasteiger charge is 2.43. The fourth-order valence-electron chi connectivity index (χ4n) is 5.74. The monoisotopic (exact) mass is 632 g/mol. The van der Waals surface area contributed by atoms with E-state index in [-0.39, 0.29) is 22.3 Å². The molecule has 2 heterocycles. The van der Waals surface area contributed by atoms with Gasteiger partial charge in [-0.3, -0.25) is 4.72 Å². The molecule has 0 bridgehead atoms. The highest BCUT2D eigenvalue weighted by atomic mass is 32.2. The van der Waals surface area contributed by atoms with E-state index < -0.39 is 28.3 Å². The van der Waals surface area contributed by atoms with Crippen LogP contribution >= 0.6 is 0 Å². The Labute approximate surface area is 263 Å². The van der Waals surface area contributed by atoms with Crippen molar-refractivity contribution < 1.29 is 18.6 Å². The maximum Gasteiger partial charge on any atom is 0.261 e. The highest BCUT2D eigenvalue weighted by molar-refractivity contribution is 7.89. The number of allylic oxidation sites excluding steroid dienone is 1. The molecule has 4 aromatic rings. The zero-order valence-electron chi connectivity index (χ0n) is 24.9. The van der Waals surface area contributed by atoms with Gasteiger partial charge in [-0.05, 0) is 62.7 Å². The van der Waals surface area contributed by atoms with Crippen molar-refractivity contribution in [3.8, 4) is 0 Å². The average Bonchev–Trinajstić information content (AvgIpc) is 3.57. The number of aliphatic hydroxyl groups excluding tert-OH is 2. The lowest BCUT2D eigenvalue weighted by Crippen LogP contribution is -2.34. The van der Waals surface area contributed by atoms with Crippen LogP contribution in [0.5, 0.6) is 0 Å². The van der Waals surface area contributed by atoms with Crippen LogP contribution in [0.3, 0.4) is 0 Å². The van der Waals surface area contributed by atoms with Crippen LogP contribution in [0.1, 0.15) is 30.0 Å². The van der Waals surface area contributed by atoms with Gasteiger partial charge in [-0.1, -0.05) is 48.5 Å². The minimum absolute atomic E-state index is 0.0281. The molecule has 13 heteroatoms. The van der Waals surface area contributed by atoms with Crippen molar-refractivity contribution in [1.29, 1.82) is 5.41 Å². The number of hydrogen-bond acceptors (Lipinski definition) is 10. The van der Waals surface area contributed by atoms with Crippen LogP contribution in [0.25, 0.3) is 11.0 Å². The van der Waals surface area contributed by atoms with Gasteiger partial charge in [-0.15, -0.1) is 0 Å². The zero-order valence-corrected chi connectivity index (χ0v) is 25.7. The Morgan fingerprint density at radius 2 is 1.71 bits per heavy atom. The average molecular weight is 633 g/mol. The molecule has 8 N–H and O–H groups in total. The van der Waals surface area contributed by atoms with Crippen LogP contribution < -0.4 is 21.1 Å². The molecule has 1 aliphatic carbocycles. The lowest BCUT2D eigenvalue weighted by molar-refractivity contribution is 0.00694. The quantitative estimate of drug-likeness (QED) is 0.0758. The maximum absolute atomic E-state index is 12.6. The Morgan fingerprint density at radius 1 is 1.00 bits per heavy atom. The number of nitrogen functional groups attached to an aromatic ring is 1. The molecular formula is C32H40N8O4S. The smallest absolute Gasteiger partial charge is 0.261 e. The molecule has 2 aromatic carbocycles. The Bertz CT molecular complexity index is 1710. The van der Waals surface area contributed by atoms with E-state index in [1.165, 1.54) is 36.3 Å². The molecule has 238 valence electrons. The van der Waals surface area contributed by atoms with Crippen molar-refractivity contribution in [1.82, 2.24) is 29.9 Å². The van der Waals surface area contributed by atoms with Crippen LogP contribution in [-0.4, -0.2) is 77.3 Å². The summed E-state index contributed by atoms with van der Waals surface area (Å²) >= 11 is 0. The molecule has 0 radical (unpaired) electrons.